The van der Waals surface area contributed by atoms with E-state index in [1.54, 1.807) is 36.4 Å². The van der Waals surface area contributed by atoms with E-state index in [2.05, 4.69) is 10.6 Å². The maximum absolute atomic E-state index is 12.3. The molecule has 3 aromatic rings. The second-order valence-corrected chi connectivity index (χ2v) is 7.60. The van der Waals surface area contributed by atoms with Gasteiger partial charge in [0.25, 0.3) is 11.6 Å². The van der Waals surface area contributed by atoms with Crippen LogP contribution in [-0.4, -0.2) is 29.1 Å². The van der Waals surface area contributed by atoms with E-state index in [4.69, 9.17) is 4.74 Å². The number of amides is 2. The minimum Gasteiger partial charge on any atom is -0.492 e. The minimum absolute atomic E-state index is 0.0756. The topological polar surface area (TPSA) is 111 Å². The van der Waals surface area contributed by atoms with Crippen LogP contribution in [0.4, 0.5) is 17.1 Å². The Morgan fingerprint density at radius 2 is 1.66 bits per heavy atom. The van der Waals surface area contributed by atoms with Crippen molar-refractivity contribution < 1.29 is 19.2 Å². The first-order valence-corrected chi connectivity index (χ1v) is 10.7. The zero-order valence-corrected chi connectivity index (χ0v) is 18.1. The number of nitro groups is 1. The molecule has 2 N–H and O–H groups in total. The van der Waals surface area contributed by atoms with Crippen molar-refractivity contribution in [1.29, 1.82) is 0 Å². The molecule has 0 spiro atoms. The molecule has 3 rings (SSSR count). The van der Waals surface area contributed by atoms with Crippen molar-refractivity contribution in [1.82, 2.24) is 0 Å². The SMILES string of the molecule is CCOc1ccccc1NC(=O)CSc1ccc(NC(=O)c2ccc([N+](=O)[O-])cc2)cc1. The lowest BCUT2D eigenvalue weighted by Gasteiger charge is -2.11. The second kappa shape index (κ2) is 11.0. The largest absolute Gasteiger partial charge is 0.492 e. The lowest BCUT2D eigenvalue weighted by atomic mass is 10.2. The summed E-state index contributed by atoms with van der Waals surface area (Å²) in [5.41, 5.74) is 1.45. The Labute approximate surface area is 189 Å². The van der Waals surface area contributed by atoms with E-state index in [1.165, 1.54) is 36.0 Å². The molecular formula is C23H21N3O5S. The highest BCUT2D eigenvalue weighted by Gasteiger charge is 2.11. The van der Waals surface area contributed by atoms with E-state index in [9.17, 15) is 19.7 Å². The van der Waals surface area contributed by atoms with Gasteiger partial charge in [0.2, 0.25) is 5.91 Å². The second-order valence-electron chi connectivity index (χ2n) is 6.55. The molecule has 2 amide bonds. The van der Waals surface area contributed by atoms with Gasteiger partial charge in [0.15, 0.2) is 0 Å². The number of non-ortho nitro benzene ring substituents is 1. The lowest BCUT2D eigenvalue weighted by Crippen LogP contribution is -2.15. The Balaban J connectivity index is 1.52. The summed E-state index contributed by atoms with van der Waals surface area (Å²) in [5.74, 6) is 0.321. The van der Waals surface area contributed by atoms with E-state index in [1.807, 2.05) is 19.1 Å². The van der Waals surface area contributed by atoms with Crippen LogP contribution in [0.1, 0.15) is 17.3 Å². The molecule has 0 atom stereocenters. The van der Waals surface area contributed by atoms with Crippen LogP contribution in [0.5, 0.6) is 5.75 Å². The van der Waals surface area contributed by atoms with Gasteiger partial charge in [-0.3, -0.25) is 19.7 Å². The molecule has 3 aromatic carbocycles. The van der Waals surface area contributed by atoms with Crippen LogP contribution in [0, 0.1) is 10.1 Å². The van der Waals surface area contributed by atoms with Crippen molar-refractivity contribution in [3.05, 3.63) is 88.5 Å². The van der Waals surface area contributed by atoms with Crippen LogP contribution >= 0.6 is 11.8 Å². The van der Waals surface area contributed by atoms with Crippen LogP contribution in [0.25, 0.3) is 0 Å². The number of ether oxygens (including phenoxy) is 1. The third-order valence-electron chi connectivity index (χ3n) is 4.28. The maximum atomic E-state index is 12.3. The van der Waals surface area contributed by atoms with E-state index in [0.717, 1.165) is 4.90 Å². The van der Waals surface area contributed by atoms with Gasteiger partial charge in [0.1, 0.15) is 5.75 Å². The molecule has 0 fully saturated rings. The third kappa shape index (κ3) is 6.32. The van der Waals surface area contributed by atoms with Crippen molar-refractivity contribution in [3.8, 4) is 5.75 Å². The summed E-state index contributed by atoms with van der Waals surface area (Å²) < 4.78 is 5.51. The number of benzene rings is 3. The Bertz CT molecular complexity index is 1100. The van der Waals surface area contributed by atoms with Crippen LogP contribution in [0.3, 0.4) is 0 Å². The summed E-state index contributed by atoms with van der Waals surface area (Å²) in [6, 6.07) is 19.7. The number of carbonyl (C=O) groups excluding carboxylic acids is 2. The number of nitro benzene ring substituents is 1. The summed E-state index contributed by atoms with van der Waals surface area (Å²) in [6.45, 7) is 2.39. The van der Waals surface area contributed by atoms with Crippen molar-refractivity contribution >= 4 is 40.6 Å². The highest BCUT2D eigenvalue weighted by molar-refractivity contribution is 8.00. The molecule has 0 aliphatic rings. The standard InChI is InChI=1S/C23H21N3O5S/c1-2-31-21-6-4-3-5-20(21)25-22(27)15-32-19-13-9-17(10-14-19)24-23(28)16-7-11-18(12-8-16)26(29)30/h3-14H,2,15H2,1H3,(H,24,28)(H,25,27). The smallest absolute Gasteiger partial charge is 0.269 e. The third-order valence-corrected chi connectivity index (χ3v) is 5.30. The van der Waals surface area contributed by atoms with Gasteiger partial charge in [-0.25, -0.2) is 0 Å². The van der Waals surface area contributed by atoms with Crippen molar-refractivity contribution in [2.75, 3.05) is 23.0 Å². The molecule has 0 unspecified atom stereocenters. The van der Waals surface area contributed by atoms with Crippen LogP contribution in [0.2, 0.25) is 0 Å². The Morgan fingerprint density at radius 1 is 0.969 bits per heavy atom. The predicted molar refractivity (Wildman–Crippen MR) is 124 cm³/mol. The Hall–Kier alpha value is -3.85. The molecule has 0 bridgehead atoms. The van der Waals surface area contributed by atoms with Gasteiger partial charge in [0, 0.05) is 28.3 Å². The van der Waals surface area contributed by atoms with Crippen LogP contribution in [-0.2, 0) is 4.79 Å². The number of hydrogen-bond donors (Lipinski definition) is 2. The highest BCUT2D eigenvalue weighted by atomic mass is 32.2. The van der Waals surface area contributed by atoms with Gasteiger partial charge in [-0.15, -0.1) is 11.8 Å². The molecule has 164 valence electrons. The first kappa shape index (κ1) is 22.8. The zero-order chi connectivity index (χ0) is 22.9. The predicted octanol–water partition coefficient (Wildman–Crippen LogP) is 4.98. The zero-order valence-electron chi connectivity index (χ0n) is 17.2. The quantitative estimate of drug-likeness (QED) is 0.270. The van der Waals surface area contributed by atoms with E-state index in [0.29, 0.717) is 29.3 Å². The van der Waals surface area contributed by atoms with E-state index >= 15 is 0 Å². The normalized spacial score (nSPS) is 10.3. The molecular weight excluding hydrogens is 430 g/mol. The number of anilines is 2. The van der Waals surface area contributed by atoms with Gasteiger partial charge in [-0.1, -0.05) is 12.1 Å². The summed E-state index contributed by atoms with van der Waals surface area (Å²) in [6.07, 6.45) is 0. The lowest BCUT2D eigenvalue weighted by molar-refractivity contribution is -0.384. The molecule has 8 nitrogen and oxygen atoms in total. The Morgan fingerprint density at radius 3 is 2.31 bits per heavy atom. The number of rotatable bonds is 9. The first-order chi connectivity index (χ1) is 15.5. The van der Waals surface area contributed by atoms with Crippen LogP contribution in [0.15, 0.2) is 77.7 Å². The number of para-hydroxylation sites is 2. The van der Waals surface area contributed by atoms with Crippen LogP contribution < -0.4 is 15.4 Å². The molecule has 0 heterocycles. The summed E-state index contributed by atoms with van der Waals surface area (Å²) in [4.78, 5) is 35.6. The number of hydrogen-bond acceptors (Lipinski definition) is 6. The number of thioether (sulfide) groups is 1. The van der Waals surface area contributed by atoms with Crippen molar-refractivity contribution in [2.45, 2.75) is 11.8 Å². The molecule has 0 saturated heterocycles. The molecule has 0 aromatic heterocycles. The van der Waals surface area contributed by atoms with Gasteiger partial charge in [0.05, 0.1) is 23.0 Å². The Kier molecular flexibility index (Phi) is 7.82. The molecule has 0 aliphatic heterocycles. The van der Waals surface area contributed by atoms with Crippen molar-refractivity contribution in [3.63, 3.8) is 0 Å². The number of nitrogens with one attached hydrogen (secondary N) is 2. The van der Waals surface area contributed by atoms with Gasteiger partial charge in [-0.2, -0.15) is 0 Å². The summed E-state index contributed by atoms with van der Waals surface area (Å²) in [5, 5.41) is 16.3. The average Bonchev–Trinajstić information content (AvgIpc) is 2.80. The van der Waals surface area contributed by atoms with Gasteiger partial charge < -0.3 is 15.4 Å². The molecule has 0 radical (unpaired) electrons. The van der Waals surface area contributed by atoms with E-state index in [-0.39, 0.29) is 23.3 Å². The van der Waals surface area contributed by atoms with Gasteiger partial charge in [-0.05, 0) is 55.5 Å². The molecule has 0 aliphatic carbocycles. The van der Waals surface area contributed by atoms with Gasteiger partial charge >= 0.3 is 0 Å². The number of carbonyl (C=O) groups is 2. The summed E-state index contributed by atoms with van der Waals surface area (Å²) >= 11 is 1.37. The average molecular weight is 452 g/mol. The van der Waals surface area contributed by atoms with E-state index < -0.39 is 4.92 Å². The fraction of sp³-hybridized carbons (Fsp3) is 0.130. The first-order valence-electron chi connectivity index (χ1n) is 9.76. The summed E-state index contributed by atoms with van der Waals surface area (Å²) in [7, 11) is 0. The maximum Gasteiger partial charge on any atom is 0.269 e. The molecule has 9 heteroatoms. The van der Waals surface area contributed by atoms with Crippen molar-refractivity contribution in [2.24, 2.45) is 0 Å². The number of nitrogens with zero attached hydrogens (tertiary/aromatic N) is 1. The highest BCUT2D eigenvalue weighted by Crippen LogP contribution is 2.25. The molecule has 0 saturated carbocycles. The molecule has 32 heavy (non-hydrogen) atoms. The fourth-order valence-electron chi connectivity index (χ4n) is 2.76. The monoisotopic (exact) mass is 451 g/mol. The fourth-order valence-corrected chi connectivity index (χ4v) is 3.46. The minimum atomic E-state index is -0.518.